The molecule has 2 aromatic carbocycles. The molecule has 1 amide bonds. The molecule has 1 spiro atoms. The van der Waals surface area contributed by atoms with Crippen LogP contribution in [0, 0.1) is 5.41 Å². The van der Waals surface area contributed by atoms with E-state index in [2.05, 4.69) is 20.9 Å². The number of anilines is 2. The van der Waals surface area contributed by atoms with E-state index in [9.17, 15) is 19.8 Å². The molecule has 1 heterocycles. The number of aldehydes is 1. The summed E-state index contributed by atoms with van der Waals surface area (Å²) in [6, 6.07) is 6.41. The largest absolute Gasteiger partial charge is 0.506 e. The van der Waals surface area contributed by atoms with Crippen LogP contribution in [0.5, 0.6) is 11.5 Å². The summed E-state index contributed by atoms with van der Waals surface area (Å²) < 4.78 is 16.4. The molecule has 240 valence electrons. The molecule has 0 aromatic heterocycles. The van der Waals surface area contributed by atoms with E-state index in [1.807, 2.05) is 0 Å². The highest BCUT2D eigenvalue weighted by Crippen LogP contribution is 2.50. The Bertz CT molecular complexity index is 1320. The number of phenols is 1. The fourth-order valence-corrected chi connectivity index (χ4v) is 6.34. The van der Waals surface area contributed by atoms with Crippen LogP contribution in [0.4, 0.5) is 16.2 Å². The molecular weight excluding hydrogens is 588 g/mol. The van der Waals surface area contributed by atoms with Gasteiger partial charge in [-0.25, -0.2) is 4.79 Å². The number of carbonyl (C=O) groups is 2. The van der Waals surface area contributed by atoms with Gasteiger partial charge >= 0.3 is 6.09 Å². The number of likely N-dealkylation sites (tertiary alicyclic amines) is 1. The van der Waals surface area contributed by atoms with Crippen molar-refractivity contribution in [1.82, 2.24) is 10.2 Å². The van der Waals surface area contributed by atoms with E-state index in [1.54, 1.807) is 32.4 Å². The van der Waals surface area contributed by atoms with E-state index < -0.39 is 12.2 Å². The van der Waals surface area contributed by atoms with Gasteiger partial charge < -0.3 is 35.1 Å². The average molecular weight is 631 g/mol. The number of allylic oxidation sites excluding steroid dienone is 1. The second kappa shape index (κ2) is 15.6. The molecule has 2 aliphatic rings. The quantitative estimate of drug-likeness (QED) is 0.114. The maximum absolute atomic E-state index is 12.5. The van der Waals surface area contributed by atoms with Crippen molar-refractivity contribution in [2.45, 2.75) is 44.4 Å². The minimum absolute atomic E-state index is 0.00365. The van der Waals surface area contributed by atoms with Crippen LogP contribution in [-0.2, 0) is 20.8 Å². The standard InChI is InChI=1S/C32H43ClN4O7/c1-34-30-24(5-4-13-38)23(6-7-27(30)39)28(40)20-35-19-21-15-25(33)26(16-29(21)43-3)36-31(41)44-14-12-37-10-8-32(9-11-37)17-22(18-32)42-2/h4-7,13,15-16,22,28,34-35,39-40H,8-12,14,17-20H2,1-3H3,(H,36,41)/b5-4-. The number of phenolic OH excluding ortho intramolecular Hbond substituents is 1. The van der Waals surface area contributed by atoms with Gasteiger partial charge in [0.2, 0.25) is 0 Å². The minimum atomic E-state index is -0.946. The van der Waals surface area contributed by atoms with Gasteiger partial charge in [-0.1, -0.05) is 17.7 Å². The predicted octanol–water partition coefficient (Wildman–Crippen LogP) is 4.57. The van der Waals surface area contributed by atoms with Crippen LogP contribution in [0.2, 0.25) is 5.02 Å². The van der Waals surface area contributed by atoms with E-state index in [-0.39, 0.29) is 18.9 Å². The number of aliphatic hydroxyl groups excluding tert-OH is 1. The number of hydrogen-bond donors (Lipinski definition) is 5. The normalized spacial score (nSPS) is 17.3. The Balaban J connectivity index is 1.26. The van der Waals surface area contributed by atoms with Gasteiger partial charge in [-0.15, -0.1) is 0 Å². The fourth-order valence-electron chi connectivity index (χ4n) is 6.11. The van der Waals surface area contributed by atoms with Crippen LogP contribution in [0.15, 0.2) is 30.3 Å². The van der Waals surface area contributed by atoms with E-state index >= 15 is 0 Å². The first-order chi connectivity index (χ1) is 21.2. The second-order valence-corrected chi connectivity index (χ2v) is 11.8. The second-order valence-electron chi connectivity index (χ2n) is 11.4. The molecule has 1 aliphatic carbocycles. The molecule has 5 N–H and O–H groups in total. The van der Waals surface area contributed by atoms with Crippen LogP contribution >= 0.6 is 11.6 Å². The number of piperidine rings is 1. The number of rotatable bonds is 14. The average Bonchev–Trinajstić information content (AvgIpc) is 3.00. The number of aromatic hydroxyl groups is 1. The zero-order valence-electron chi connectivity index (χ0n) is 25.5. The van der Waals surface area contributed by atoms with Gasteiger partial charge in [-0.05, 0) is 74.0 Å². The number of ether oxygens (including phenoxy) is 3. The summed E-state index contributed by atoms with van der Waals surface area (Å²) >= 11 is 6.49. The zero-order valence-corrected chi connectivity index (χ0v) is 26.3. The Labute approximate surface area is 263 Å². The third-order valence-corrected chi connectivity index (χ3v) is 8.99. The molecule has 2 fully saturated rings. The van der Waals surface area contributed by atoms with Crippen LogP contribution < -0.4 is 20.7 Å². The van der Waals surface area contributed by atoms with Gasteiger partial charge in [0.05, 0.1) is 35.7 Å². The van der Waals surface area contributed by atoms with Crippen LogP contribution in [-0.4, -0.2) is 87.6 Å². The van der Waals surface area contributed by atoms with E-state index in [0.29, 0.717) is 64.2 Å². The summed E-state index contributed by atoms with van der Waals surface area (Å²) in [6.07, 6.45) is 6.94. The van der Waals surface area contributed by atoms with Gasteiger partial charge in [-0.3, -0.25) is 15.0 Å². The lowest BCUT2D eigenvalue weighted by molar-refractivity contribution is -0.104. The lowest BCUT2D eigenvalue weighted by atomic mass is 9.61. The van der Waals surface area contributed by atoms with Crippen LogP contribution in [0.25, 0.3) is 6.08 Å². The smallest absolute Gasteiger partial charge is 0.411 e. The molecule has 4 rings (SSSR count). The molecule has 44 heavy (non-hydrogen) atoms. The van der Waals surface area contributed by atoms with Crippen molar-refractivity contribution >= 4 is 41.4 Å². The Morgan fingerprint density at radius 2 is 1.98 bits per heavy atom. The summed E-state index contributed by atoms with van der Waals surface area (Å²) in [7, 11) is 4.95. The predicted molar refractivity (Wildman–Crippen MR) is 171 cm³/mol. The number of benzene rings is 2. The first-order valence-corrected chi connectivity index (χ1v) is 15.2. The van der Waals surface area contributed by atoms with Crippen molar-refractivity contribution in [1.29, 1.82) is 0 Å². The third-order valence-electron chi connectivity index (χ3n) is 8.68. The van der Waals surface area contributed by atoms with Gasteiger partial charge in [-0.2, -0.15) is 0 Å². The van der Waals surface area contributed by atoms with E-state index in [1.165, 1.54) is 25.3 Å². The van der Waals surface area contributed by atoms with Gasteiger partial charge in [0, 0.05) is 51.0 Å². The van der Waals surface area contributed by atoms with Crippen molar-refractivity contribution in [2.75, 3.05) is 64.7 Å². The molecule has 1 saturated heterocycles. The lowest BCUT2D eigenvalue weighted by Crippen LogP contribution is -2.50. The van der Waals surface area contributed by atoms with Gasteiger partial charge in [0.15, 0.2) is 0 Å². The number of nitrogens with zero attached hydrogens (tertiary/aromatic N) is 1. The van der Waals surface area contributed by atoms with Crippen molar-refractivity contribution in [3.63, 3.8) is 0 Å². The van der Waals surface area contributed by atoms with Crippen LogP contribution in [0.1, 0.15) is 48.5 Å². The monoisotopic (exact) mass is 630 g/mol. The SMILES string of the molecule is CNc1c(O)ccc(C(O)CNCc2cc(Cl)c(NC(=O)OCCN3CCC4(CC3)CC(OC)C4)cc2OC)c1/C=C\C=O. The highest BCUT2D eigenvalue weighted by atomic mass is 35.5. The fraction of sp³-hybridized carbons (Fsp3) is 0.500. The summed E-state index contributed by atoms with van der Waals surface area (Å²) in [5, 5.41) is 30.2. The van der Waals surface area contributed by atoms with Crippen molar-refractivity contribution < 1.29 is 34.0 Å². The zero-order chi connectivity index (χ0) is 31.7. The number of nitrogens with one attached hydrogen (secondary N) is 3. The minimum Gasteiger partial charge on any atom is -0.506 e. The molecule has 0 bridgehead atoms. The van der Waals surface area contributed by atoms with Crippen molar-refractivity contribution in [3.05, 3.63) is 52.1 Å². The molecule has 2 aromatic rings. The maximum Gasteiger partial charge on any atom is 0.411 e. The number of hydrogen-bond acceptors (Lipinski definition) is 10. The van der Waals surface area contributed by atoms with Crippen LogP contribution in [0.3, 0.4) is 0 Å². The summed E-state index contributed by atoms with van der Waals surface area (Å²) in [6.45, 7) is 3.43. The molecule has 1 unspecified atom stereocenters. The molecule has 12 heteroatoms. The number of halogens is 1. The summed E-state index contributed by atoms with van der Waals surface area (Å²) in [5.74, 6) is 0.501. The topological polar surface area (TPSA) is 142 Å². The van der Waals surface area contributed by atoms with E-state index in [0.717, 1.165) is 44.3 Å². The third kappa shape index (κ3) is 8.22. The highest BCUT2D eigenvalue weighted by Gasteiger charge is 2.45. The lowest BCUT2D eigenvalue weighted by Gasteiger charge is -2.51. The molecule has 1 aliphatic heterocycles. The first kappa shape index (κ1) is 33.5. The first-order valence-electron chi connectivity index (χ1n) is 14.8. The molecular formula is C32H43ClN4O7. The molecule has 1 saturated carbocycles. The van der Waals surface area contributed by atoms with Gasteiger partial charge in [0.25, 0.3) is 0 Å². The summed E-state index contributed by atoms with van der Waals surface area (Å²) in [4.78, 5) is 25.7. The Hall–Kier alpha value is -3.35. The number of carbonyl (C=O) groups excluding carboxylic acids is 2. The Kier molecular flexibility index (Phi) is 11.9. The maximum atomic E-state index is 12.5. The molecule has 11 nitrogen and oxygen atoms in total. The highest BCUT2D eigenvalue weighted by molar-refractivity contribution is 6.33. The molecule has 0 radical (unpaired) electrons. The molecule has 1 atom stereocenters. The Morgan fingerprint density at radius 3 is 2.64 bits per heavy atom. The van der Waals surface area contributed by atoms with Gasteiger partial charge in [0.1, 0.15) is 24.4 Å². The number of methoxy groups -OCH3 is 2. The van der Waals surface area contributed by atoms with Crippen molar-refractivity contribution in [3.8, 4) is 11.5 Å². The number of aliphatic hydroxyl groups is 1. The van der Waals surface area contributed by atoms with E-state index in [4.69, 9.17) is 25.8 Å². The number of amides is 1. The summed E-state index contributed by atoms with van der Waals surface area (Å²) in [5.41, 5.74) is 2.97. The van der Waals surface area contributed by atoms with Crippen molar-refractivity contribution in [2.24, 2.45) is 5.41 Å². The Morgan fingerprint density at radius 1 is 1.23 bits per heavy atom.